The first-order chi connectivity index (χ1) is 8.06. The number of benzene rings is 1. The standard InChI is InChI=1S/C13H16ClNO2/c1-8(6-9-2-3-9)15-13(17)11-5-4-10(14)7-12(11)16/h4-5,7-9,16H,2-3,6H2,1H3,(H,15,17). The highest BCUT2D eigenvalue weighted by Crippen LogP contribution is 2.33. The average molecular weight is 254 g/mol. The lowest BCUT2D eigenvalue weighted by atomic mass is 10.1. The predicted octanol–water partition coefficient (Wildman–Crippen LogP) is 2.96. The highest BCUT2D eigenvalue weighted by atomic mass is 35.5. The molecule has 1 aromatic rings. The Labute approximate surface area is 106 Å². The minimum absolute atomic E-state index is 0.0754. The molecule has 92 valence electrons. The number of rotatable bonds is 4. The number of hydrogen-bond donors (Lipinski definition) is 2. The molecule has 1 fully saturated rings. The number of carbonyl (C=O) groups excluding carboxylic acids is 1. The van der Waals surface area contributed by atoms with Crippen LogP contribution in [0.25, 0.3) is 0 Å². The molecule has 1 atom stereocenters. The first-order valence-electron chi connectivity index (χ1n) is 5.85. The van der Waals surface area contributed by atoms with Crippen LogP contribution in [-0.4, -0.2) is 17.1 Å². The lowest BCUT2D eigenvalue weighted by Gasteiger charge is -2.14. The summed E-state index contributed by atoms with van der Waals surface area (Å²) in [6, 6.07) is 4.66. The van der Waals surface area contributed by atoms with Gasteiger partial charge in [0.1, 0.15) is 5.75 Å². The Hall–Kier alpha value is -1.22. The fourth-order valence-corrected chi connectivity index (χ4v) is 2.08. The van der Waals surface area contributed by atoms with Gasteiger partial charge in [-0.3, -0.25) is 4.79 Å². The van der Waals surface area contributed by atoms with Crippen molar-refractivity contribution in [2.75, 3.05) is 0 Å². The van der Waals surface area contributed by atoms with Gasteiger partial charge >= 0.3 is 0 Å². The fraction of sp³-hybridized carbons (Fsp3) is 0.462. The van der Waals surface area contributed by atoms with Crippen LogP contribution in [0.2, 0.25) is 5.02 Å². The highest BCUT2D eigenvalue weighted by molar-refractivity contribution is 6.30. The Morgan fingerprint density at radius 3 is 2.88 bits per heavy atom. The Morgan fingerprint density at radius 2 is 2.29 bits per heavy atom. The largest absolute Gasteiger partial charge is 0.507 e. The van der Waals surface area contributed by atoms with Crippen molar-refractivity contribution in [2.45, 2.75) is 32.2 Å². The van der Waals surface area contributed by atoms with E-state index in [4.69, 9.17) is 11.6 Å². The third kappa shape index (κ3) is 3.37. The van der Waals surface area contributed by atoms with Gasteiger partial charge in [0.05, 0.1) is 5.56 Å². The second kappa shape index (κ2) is 4.96. The smallest absolute Gasteiger partial charge is 0.255 e. The zero-order valence-electron chi connectivity index (χ0n) is 9.74. The summed E-state index contributed by atoms with van der Waals surface area (Å²) in [6.45, 7) is 1.99. The van der Waals surface area contributed by atoms with Crippen molar-refractivity contribution in [1.29, 1.82) is 0 Å². The lowest BCUT2D eigenvalue weighted by Crippen LogP contribution is -2.32. The van der Waals surface area contributed by atoms with Crippen LogP contribution in [0, 0.1) is 5.92 Å². The molecule has 1 unspecified atom stereocenters. The third-order valence-corrected chi connectivity index (χ3v) is 3.20. The summed E-state index contributed by atoms with van der Waals surface area (Å²) in [5.74, 6) is 0.449. The molecule has 0 aromatic heterocycles. The predicted molar refractivity (Wildman–Crippen MR) is 67.4 cm³/mol. The summed E-state index contributed by atoms with van der Waals surface area (Å²) in [7, 11) is 0. The lowest BCUT2D eigenvalue weighted by molar-refractivity contribution is 0.0935. The van der Waals surface area contributed by atoms with Gasteiger partial charge in [-0.05, 0) is 37.5 Å². The highest BCUT2D eigenvalue weighted by Gasteiger charge is 2.24. The second-order valence-corrected chi connectivity index (χ2v) is 5.15. The first-order valence-corrected chi connectivity index (χ1v) is 6.23. The van der Waals surface area contributed by atoms with E-state index in [1.165, 1.54) is 25.0 Å². The van der Waals surface area contributed by atoms with Gasteiger partial charge in [0.25, 0.3) is 5.91 Å². The molecular weight excluding hydrogens is 238 g/mol. The van der Waals surface area contributed by atoms with Crippen molar-refractivity contribution in [1.82, 2.24) is 5.32 Å². The third-order valence-electron chi connectivity index (χ3n) is 2.97. The van der Waals surface area contributed by atoms with Crippen molar-refractivity contribution < 1.29 is 9.90 Å². The molecule has 3 nitrogen and oxygen atoms in total. The van der Waals surface area contributed by atoms with E-state index in [1.807, 2.05) is 6.92 Å². The first kappa shape index (κ1) is 12.2. The molecule has 17 heavy (non-hydrogen) atoms. The van der Waals surface area contributed by atoms with Crippen LogP contribution in [0.5, 0.6) is 5.75 Å². The number of phenolic OH excluding ortho intramolecular Hbond substituents is 1. The molecule has 1 aliphatic carbocycles. The van der Waals surface area contributed by atoms with E-state index in [-0.39, 0.29) is 23.3 Å². The number of aromatic hydroxyl groups is 1. The summed E-state index contributed by atoms with van der Waals surface area (Å²) < 4.78 is 0. The summed E-state index contributed by atoms with van der Waals surface area (Å²) >= 11 is 5.71. The molecule has 0 radical (unpaired) electrons. The zero-order chi connectivity index (χ0) is 12.4. The van der Waals surface area contributed by atoms with Gasteiger partial charge in [-0.1, -0.05) is 24.4 Å². The van der Waals surface area contributed by atoms with E-state index < -0.39 is 0 Å². The Morgan fingerprint density at radius 1 is 1.59 bits per heavy atom. The minimum Gasteiger partial charge on any atom is -0.507 e. The fourth-order valence-electron chi connectivity index (χ4n) is 1.91. The van der Waals surface area contributed by atoms with Gasteiger partial charge in [-0.15, -0.1) is 0 Å². The van der Waals surface area contributed by atoms with Crippen LogP contribution in [0.4, 0.5) is 0 Å². The van der Waals surface area contributed by atoms with E-state index in [2.05, 4.69) is 5.32 Å². The number of halogens is 1. The summed E-state index contributed by atoms with van der Waals surface area (Å²) in [6.07, 6.45) is 3.55. The van der Waals surface area contributed by atoms with Crippen LogP contribution < -0.4 is 5.32 Å². The summed E-state index contributed by atoms with van der Waals surface area (Å²) in [5.41, 5.74) is 0.275. The Balaban J connectivity index is 1.98. The summed E-state index contributed by atoms with van der Waals surface area (Å²) in [5, 5.41) is 12.9. The topological polar surface area (TPSA) is 49.3 Å². The molecule has 4 heteroatoms. The molecule has 2 rings (SSSR count). The molecule has 1 aromatic carbocycles. The van der Waals surface area contributed by atoms with Crippen molar-refractivity contribution in [3.63, 3.8) is 0 Å². The minimum atomic E-state index is -0.243. The van der Waals surface area contributed by atoms with Crippen molar-refractivity contribution in [2.24, 2.45) is 5.92 Å². The second-order valence-electron chi connectivity index (χ2n) is 4.72. The van der Waals surface area contributed by atoms with E-state index in [0.29, 0.717) is 5.02 Å². The molecule has 0 bridgehead atoms. The van der Waals surface area contributed by atoms with Gasteiger partial charge in [0.15, 0.2) is 0 Å². The maximum atomic E-state index is 11.9. The number of hydrogen-bond acceptors (Lipinski definition) is 2. The zero-order valence-corrected chi connectivity index (χ0v) is 10.5. The maximum Gasteiger partial charge on any atom is 0.255 e. The Kier molecular flexibility index (Phi) is 3.57. The number of amides is 1. The SMILES string of the molecule is CC(CC1CC1)NC(=O)c1ccc(Cl)cc1O. The van der Waals surface area contributed by atoms with E-state index >= 15 is 0 Å². The van der Waals surface area contributed by atoms with Gasteiger partial charge in [0.2, 0.25) is 0 Å². The normalized spacial score (nSPS) is 16.6. The van der Waals surface area contributed by atoms with Crippen molar-refractivity contribution in [3.8, 4) is 5.75 Å². The van der Waals surface area contributed by atoms with Gasteiger partial charge in [-0.25, -0.2) is 0 Å². The van der Waals surface area contributed by atoms with Crippen molar-refractivity contribution >= 4 is 17.5 Å². The van der Waals surface area contributed by atoms with Gasteiger partial charge in [0, 0.05) is 11.1 Å². The number of carbonyl (C=O) groups is 1. The molecule has 0 aliphatic heterocycles. The van der Waals surface area contributed by atoms with E-state index in [0.717, 1.165) is 12.3 Å². The molecule has 1 saturated carbocycles. The van der Waals surface area contributed by atoms with Crippen LogP contribution in [-0.2, 0) is 0 Å². The molecule has 0 heterocycles. The summed E-state index contributed by atoms with van der Waals surface area (Å²) in [4.78, 5) is 11.9. The number of nitrogens with one attached hydrogen (secondary N) is 1. The molecular formula is C13H16ClNO2. The monoisotopic (exact) mass is 253 g/mol. The van der Waals surface area contributed by atoms with Crippen LogP contribution >= 0.6 is 11.6 Å². The van der Waals surface area contributed by atoms with Crippen molar-refractivity contribution in [3.05, 3.63) is 28.8 Å². The number of phenols is 1. The quantitative estimate of drug-likeness (QED) is 0.867. The molecule has 2 N–H and O–H groups in total. The van der Waals surface area contributed by atoms with Crippen LogP contribution in [0.15, 0.2) is 18.2 Å². The molecule has 1 aliphatic rings. The van der Waals surface area contributed by atoms with Crippen LogP contribution in [0.1, 0.15) is 36.5 Å². The van der Waals surface area contributed by atoms with E-state index in [9.17, 15) is 9.90 Å². The molecule has 0 spiro atoms. The molecule has 0 saturated heterocycles. The average Bonchev–Trinajstić information content (AvgIpc) is 3.00. The van der Waals surface area contributed by atoms with Gasteiger partial charge < -0.3 is 10.4 Å². The maximum absolute atomic E-state index is 11.9. The van der Waals surface area contributed by atoms with Crippen LogP contribution in [0.3, 0.4) is 0 Å². The molecule has 1 amide bonds. The van der Waals surface area contributed by atoms with E-state index in [1.54, 1.807) is 6.07 Å². The Bertz CT molecular complexity index is 429. The van der Waals surface area contributed by atoms with Gasteiger partial charge in [-0.2, -0.15) is 0 Å².